The van der Waals surface area contributed by atoms with Crippen LogP contribution in [0.25, 0.3) is 11.0 Å². The largest absolute Gasteiger partial charge is 0.465 e. The van der Waals surface area contributed by atoms with Crippen molar-refractivity contribution in [2.24, 2.45) is 0 Å². The maximum absolute atomic E-state index is 11.5. The van der Waals surface area contributed by atoms with Gasteiger partial charge in [0.15, 0.2) is 4.77 Å². The highest BCUT2D eigenvalue weighted by Gasteiger charge is 2.10. The molecule has 0 aliphatic rings. The first kappa shape index (κ1) is 12.1. The lowest BCUT2D eigenvalue weighted by Crippen LogP contribution is -2.13. The van der Waals surface area contributed by atoms with E-state index < -0.39 is 0 Å². The first-order valence-electron chi connectivity index (χ1n) is 5.16. The van der Waals surface area contributed by atoms with Gasteiger partial charge in [-0.15, -0.1) is 0 Å². The minimum absolute atomic E-state index is 0.0903. The molecular weight excluding hydrogens is 260 g/mol. The molecule has 17 heavy (non-hydrogen) atoms. The summed E-state index contributed by atoms with van der Waals surface area (Å²) in [6.45, 7) is 2.21. The van der Waals surface area contributed by atoms with E-state index in [1.54, 1.807) is 17.6 Å². The Morgan fingerprint density at radius 3 is 3.06 bits per heavy atom. The predicted molar refractivity (Wildman–Crippen MR) is 68.8 cm³/mol. The number of H-pyrrole nitrogens is 1. The molecule has 1 N–H and O–H groups in total. The van der Waals surface area contributed by atoms with Crippen molar-refractivity contribution < 1.29 is 9.53 Å². The third-order valence-corrected chi connectivity index (χ3v) is 2.99. The van der Waals surface area contributed by atoms with Crippen molar-refractivity contribution in [2.75, 3.05) is 6.61 Å². The molecule has 0 aliphatic carbocycles. The van der Waals surface area contributed by atoms with Gasteiger partial charge in [-0.05, 0) is 31.3 Å². The molecule has 0 spiro atoms. The average molecular weight is 271 g/mol. The van der Waals surface area contributed by atoms with E-state index in [1.807, 2.05) is 12.1 Å². The molecule has 2 aromatic rings. The number of aromatic amines is 1. The molecule has 0 radical (unpaired) electrons. The SMILES string of the molecule is CCOC(=O)Cn1c(=S)[nH]c2c(Cl)cccc21. The van der Waals surface area contributed by atoms with Gasteiger partial charge in [-0.3, -0.25) is 4.79 Å². The van der Waals surface area contributed by atoms with Crippen LogP contribution in [0, 0.1) is 4.77 Å². The van der Waals surface area contributed by atoms with Crippen LogP contribution in [0.5, 0.6) is 0 Å². The number of aromatic nitrogens is 2. The third kappa shape index (κ3) is 2.35. The molecular formula is C11H11ClN2O2S. The number of rotatable bonds is 3. The lowest BCUT2D eigenvalue weighted by Gasteiger charge is -2.04. The van der Waals surface area contributed by atoms with Crippen molar-refractivity contribution >= 4 is 40.8 Å². The van der Waals surface area contributed by atoms with Crippen LogP contribution < -0.4 is 0 Å². The highest BCUT2D eigenvalue weighted by atomic mass is 35.5. The van der Waals surface area contributed by atoms with E-state index in [2.05, 4.69) is 4.98 Å². The summed E-state index contributed by atoms with van der Waals surface area (Å²) in [5, 5.41) is 0.580. The molecule has 0 saturated heterocycles. The smallest absolute Gasteiger partial charge is 0.326 e. The Labute approximate surface area is 108 Å². The third-order valence-electron chi connectivity index (χ3n) is 2.35. The number of halogens is 1. The molecule has 6 heteroatoms. The van der Waals surface area contributed by atoms with E-state index >= 15 is 0 Å². The fourth-order valence-electron chi connectivity index (χ4n) is 1.64. The fourth-order valence-corrected chi connectivity index (χ4v) is 2.12. The standard InChI is InChI=1S/C11H11ClN2O2S/c1-2-16-9(15)6-14-8-5-3-4-7(12)10(8)13-11(14)17/h3-5H,2,6H2,1H3,(H,13,17). The topological polar surface area (TPSA) is 47.0 Å². The Morgan fingerprint density at radius 2 is 2.35 bits per heavy atom. The number of para-hydroxylation sites is 1. The van der Waals surface area contributed by atoms with Crippen LogP contribution >= 0.6 is 23.8 Å². The summed E-state index contributed by atoms with van der Waals surface area (Å²) >= 11 is 11.2. The Hall–Kier alpha value is -1.33. The quantitative estimate of drug-likeness (QED) is 0.689. The minimum Gasteiger partial charge on any atom is -0.465 e. The van der Waals surface area contributed by atoms with Crippen LogP contribution in [0.2, 0.25) is 5.02 Å². The summed E-state index contributed by atoms with van der Waals surface area (Å²) in [4.78, 5) is 14.4. The number of carbonyl (C=O) groups excluding carboxylic acids is 1. The van der Waals surface area contributed by atoms with E-state index in [0.717, 1.165) is 11.0 Å². The van der Waals surface area contributed by atoms with Crippen LogP contribution in [-0.2, 0) is 16.1 Å². The van der Waals surface area contributed by atoms with Crippen LogP contribution in [0.15, 0.2) is 18.2 Å². The summed E-state index contributed by atoms with van der Waals surface area (Å²) in [6, 6.07) is 5.44. The monoisotopic (exact) mass is 270 g/mol. The van der Waals surface area contributed by atoms with E-state index in [-0.39, 0.29) is 12.5 Å². The Bertz CT molecular complexity index is 617. The van der Waals surface area contributed by atoms with Gasteiger partial charge in [0.2, 0.25) is 0 Å². The van der Waals surface area contributed by atoms with Crippen molar-refractivity contribution in [3.8, 4) is 0 Å². The Balaban J connectivity index is 2.47. The maximum Gasteiger partial charge on any atom is 0.326 e. The Kier molecular flexibility index (Phi) is 3.49. The summed E-state index contributed by atoms with van der Waals surface area (Å²) in [6.07, 6.45) is 0. The van der Waals surface area contributed by atoms with Crippen LogP contribution in [0.1, 0.15) is 6.92 Å². The van der Waals surface area contributed by atoms with Gasteiger partial charge < -0.3 is 14.3 Å². The second kappa shape index (κ2) is 4.89. The van der Waals surface area contributed by atoms with Gasteiger partial charge in [-0.1, -0.05) is 17.7 Å². The summed E-state index contributed by atoms with van der Waals surface area (Å²) < 4.78 is 7.03. The molecule has 1 heterocycles. The highest BCUT2D eigenvalue weighted by molar-refractivity contribution is 7.71. The van der Waals surface area contributed by atoms with E-state index in [4.69, 9.17) is 28.6 Å². The number of imidazole rings is 1. The number of hydrogen-bond donors (Lipinski definition) is 1. The fraction of sp³-hybridized carbons (Fsp3) is 0.273. The summed E-state index contributed by atoms with van der Waals surface area (Å²) in [7, 11) is 0. The molecule has 0 fully saturated rings. The molecule has 90 valence electrons. The number of nitrogens with zero attached hydrogens (tertiary/aromatic N) is 1. The Morgan fingerprint density at radius 1 is 1.59 bits per heavy atom. The number of esters is 1. The van der Waals surface area contributed by atoms with Gasteiger partial charge in [0, 0.05) is 0 Å². The predicted octanol–water partition coefficient (Wildman–Crippen LogP) is 2.92. The lowest BCUT2D eigenvalue weighted by molar-refractivity contribution is -0.143. The normalized spacial score (nSPS) is 10.7. The number of fused-ring (bicyclic) bond motifs is 1. The first-order valence-corrected chi connectivity index (χ1v) is 5.94. The van der Waals surface area contributed by atoms with Crippen molar-refractivity contribution in [1.29, 1.82) is 0 Å². The van der Waals surface area contributed by atoms with Gasteiger partial charge in [0.25, 0.3) is 0 Å². The molecule has 4 nitrogen and oxygen atoms in total. The van der Waals surface area contributed by atoms with Crippen molar-refractivity contribution in [3.05, 3.63) is 28.0 Å². The number of nitrogens with one attached hydrogen (secondary N) is 1. The zero-order valence-corrected chi connectivity index (χ0v) is 10.8. The number of hydrogen-bond acceptors (Lipinski definition) is 3. The zero-order valence-electron chi connectivity index (χ0n) is 9.20. The molecule has 0 bridgehead atoms. The zero-order chi connectivity index (χ0) is 12.4. The van der Waals surface area contributed by atoms with Crippen LogP contribution in [-0.4, -0.2) is 22.1 Å². The molecule has 0 unspecified atom stereocenters. The van der Waals surface area contributed by atoms with Crippen molar-refractivity contribution in [2.45, 2.75) is 13.5 Å². The van der Waals surface area contributed by atoms with Gasteiger partial charge in [-0.25, -0.2) is 0 Å². The molecule has 0 atom stereocenters. The van der Waals surface area contributed by atoms with Crippen LogP contribution in [0.3, 0.4) is 0 Å². The van der Waals surface area contributed by atoms with Gasteiger partial charge in [0.1, 0.15) is 6.54 Å². The molecule has 2 rings (SSSR count). The summed E-state index contributed by atoms with van der Waals surface area (Å²) in [5.74, 6) is -0.315. The molecule has 0 saturated carbocycles. The van der Waals surface area contributed by atoms with E-state index in [1.165, 1.54) is 0 Å². The van der Waals surface area contributed by atoms with E-state index in [9.17, 15) is 4.79 Å². The van der Waals surface area contributed by atoms with Gasteiger partial charge >= 0.3 is 5.97 Å². The number of ether oxygens (including phenoxy) is 1. The highest BCUT2D eigenvalue weighted by Crippen LogP contribution is 2.22. The second-order valence-corrected chi connectivity index (χ2v) is 4.25. The van der Waals surface area contributed by atoms with Crippen LogP contribution in [0.4, 0.5) is 0 Å². The number of benzene rings is 1. The average Bonchev–Trinajstić information content (AvgIpc) is 2.58. The second-order valence-electron chi connectivity index (χ2n) is 3.46. The van der Waals surface area contributed by atoms with Crippen molar-refractivity contribution in [1.82, 2.24) is 9.55 Å². The number of carbonyl (C=O) groups is 1. The molecule has 1 aromatic carbocycles. The van der Waals surface area contributed by atoms with E-state index in [0.29, 0.717) is 16.4 Å². The van der Waals surface area contributed by atoms with Crippen molar-refractivity contribution in [3.63, 3.8) is 0 Å². The first-order chi connectivity index (χ1) is 8.13. The summed E-state index contributed by atoms with van der Waals surface area (Å²) in [5.41, 5.74) is 1.54. The lowest BCUT2D eigenvalue weighted by atomic mass is 10.3. The maximum atomic E-state index is 11.5. The molecule has 0 aliphatic heterocycles. The van der Waals surface area contributed by atoms with Gasteiger partial charge in [0.05, 0.1) is 22.7 Å². The minimum atomic E-state index is -0.315. The molecule has 1 aromatic heterocycles. The molecule has 0 amide bonds. The van der Waals surface area contributed by atoms with Gasteiger partial charge in [-0.2, -0.15) is 0 Å².